The average Bonchev–Trinajstić information content (AvgIpc) is 2.01. The molecule has 3 heteroatoms. The lowest BCUT2D eigenvalue weighted by Crippen LogP contribution is -2.42. The van der Waals surface area contributed by atoms with Crippen LogP contribution in [-0.4, -0.2) is 17.3 Å². The summed E-state index contributed by atoms with van der Waals surface area (Å²) in [6, 6.07) is 0. The van der Waals surface area contributed by atoms with Gasteiger partial charge in [-0.25, -0.2) is 0 Å². The fraction of sp³-hybridized carbons (Fsp3) is 0.444. The quantitative estimate of drug-likeness (QED) is 0.382. The Morgan fingerprint density at radius 1 is 1.17 bits per heavy atom. The summed E-state index contributed by atoms with van der Waals surface area (Å²) in [4.78, 5) is 33.6. The van der Waals surface area contributed by atoms with E-state index in [0.717, 1.165) is 0 Å². The SMILES string of the molecule is O=C1CC(=O)C2CC=CC1C2=O. The molecule has 0 N–H and O–H groups in total. The molecule has 62 valence electrons. The zero-order valence-electron chi connectivity index (χ0n) is 6.45. The predicted molar refractivity (Wildman–Crippen MR) is 40.4 cm³/mol. The van der Waals surface area contributed by atoms with Crippen LogP contribution in [0.15, 0.2) is 12.2 Å². The molecule has 0 aromatic heterocycles. The largest absolute Gasteiger partial charge is 0.298 e. The zero-order valence-corrected chi connectivity index (χ0v) is 6.45. The van der Waals surface area contributed by atoms with Gasteiger partial charge in [-0.1, -0.05) is 12.2 Å². The first-order valence-electron chi connectivity index (χ1n) is 3.96. The first-order chi connectivity index (χ1) is 5.70. The van der Waals surface area contributed by atoms with E-state index < -0.39 is 11.8 Å². The minimum Gasteiger partial charge on any atom is -0.298 e. The van der Waals surface area contributed by atoms with Crippen LogP contribution in [0.25, 0.3) is 0 Å². The molecule has 0 aliphatic heterocycles. The molecule has 3 nitrogen and oxygen atoms in total. The van der Waals surface area contributed by atoms with E-state index in [1.165, 1.54) is 0 Å². The van der Waals surface area contributed by atoms with Gasteiger partial charge in [0.25, 0.3) is 0 Å². The summed E-state index contributed by atoms with van der Waals surface area (Å²) >= 11 is 0. The molecule has 2 atom stereocenters. The lowest BCUT2D eigenvalue weighted by molar-refractivity contribution is -0.144. The Labute approximate surface area is 69.4 Å². The van der Waals surface area contributed by atoms with Crippen molar-refractivity contribution >= 4 is 17.3 Å². The van der Waals surface area contributed by atoms with Gasteiger partial charge in [-0.2, -0.15) is 0 Å². The van der Waals surface area contributed by atoms with E-state index in [2.05, 4.69) is 0 Å². The Morgan fingerprint density at radius 3 is 2.67 bits per heavy atom. The summed E-state index contributed by atoms with van der Waals surface area (Å²) in [7, 11) is 0. The van der Waals surface area contributed by atoms with Crippen LogP contribution in [0.5, 0.6) is 0 Å². The van der Waals surface area contributed by atoms with Crippen LogP contribution in [0.4, 0.5) is 0 Å². The fourth-order valence-corrected chi connectivity index (χ4v) is 1.74. The van der Waals surface area contributed by atoms with Crippen LogP contribution in [0.1, 0.15) is 12.8 Å². The molecule has 0 heterocycles. The van der Waals surface area contributed by atoms with E-state index in [1.54, 1.807) is 12.2 Å². The normalized spacial score (nSPS) is 34.2. The van der Waals surface area contributed by atoms with Crippen molar-refractivity contribution in [1.29, 1.82) is 0 Å². The lowest BCUT2D eigenvalue weighted by atomic mass is 9.73. The van der Waals surface area contributed by atoms with E-state index in [-0.39, 0.29) is 23.8 Å². The Bertz CT molecular complexity index is 301. The van der Waals surface area contributed by atoms with Crippen molar-refractivity contribution in [3.63, 3.8) is 0 Å². The van der Waals surface area contributed by atoms with Crippen LogP contribution in [0, 0.1) is 11.8 Å². The Hall–Kier alpha value is -1.25. The van der Waals surface area contributed by atoms with Gasteiger partial charge in [0.1, 0.15) is 0 Å². The summed E-state index contributed by atoms with van der Waals surface area (Å²) in [5.74, 6) is -1.76. The van der Waals surface area contributed by atoms with Gasteiger partial charge in [0.15, 0.2) is 17.3 Å². The second-order valence-corrected chi connectivity index (χ2v) is 3.21. The Kier molecular flexibility index (Phi) is 1.46. The average molecular weight is 164 g/mol. The highest BCUT2D eigenvalue weighted by atomic mass is 16.2. The standard InChI is InChI=1S/C9H8O3/c10-7-4-8(11)6-3-1-2-5(7)9(6)12/h1-2,5-6H,3-4H2. The molecule has 1 fully saturated rings. The molecule has 0 aromatic carbocycles. The third kappa shape index (κ3) is 0.858. The summed E-state index contributed by atoms with van der Waals surface area (Å²) in [6.07, 6.45) is 3.81. The third-order valence-electron chi connectivity index (χ3n) is 2.43. The van der Waals surface area contributed by atoms with Gasteiger partial charge in [-0.05, 0) is 6.42 Å². The molecule has 0 radical (unpaired) electrons. The van der Waals surface area contributed by atoms with Crippen molar-refractivity contribution < 1.29 is 14.4 Å². The molecule has 2 unspecified atom stereocenters. The molecular weight excluding hydrogens is 156 g/mol. The highest BCUT2D eigenvalue weighted by Crippen LogP contribution is 2.28. The van der Waals surface area contributed by atoms with Crippen molar-refractivity contribution in [2.24, 2.45) is 11.8 Å². The number of carbonyl (C=O) groups excluding carboxylic acids is 3. The Balaban J connectivity index is 2.42. The second kappa shape index (κ2) is 2.37. The molecule has 12 heavy (non-hydrogen) atoms. The van der Waals surface area contributed by atoms with Crippen molar-refractivity contribution in [3.05, 3.63) is 12.2 Å². The maximum absolute atomic E-state index is 11.3. The number of ketones is 3. The van der Waals surface area contributed by atoms with Gasteiger partial charge in [0.2, 0.25) is 0 Å². The number of carbonyl (C=O) groups is 3. The minimum absolute atomic E-state index is 0.0502. The summed E-state index contributed by atoms with van der Waals surface area (Å²) in [6.45, 7) is 0. The van der Waals surface area contributed by atoms with E-state index >= 15 is 0 Å². The maximum atomic E-state index is 11.3. The second-order valence-electron chi connectivity index (χ2n) is 3.21. The van der Waals surface area contributed by atoms with E-state index in [1.807, 2.05) is 0 Å². The van der Waals surface area contributed by atoms with Gasteiger partial charge < -0.3 is 0 Å². The molecular formula is C9H8O3. The molecule has 0 aromatic rings. The monoisotopic (exact) mass is 164 g/mol. The van der Waals surface area contributed by atoms with Crippen LogP contribution in [0.3, 0.4) is 0 Å². The molecule has 0 saturated heterocycles. The number of hydrogen-bond donors (Lipinski definition) is 0. The molecule has 2 bridgehead atoms. The van der Waals surface area contributed by atoms with Gasteiger partial charge in [-0.3, -0.25) is 14.4 Å². The molecule has 0 amide bonds. The lowest BCUT2D eigenvalue weighted by Gasteiger charge is -2.26. The fourth-order valence-electron chi connectivity index (χ4n) is 1.74. The molecule has 1 saturated carbocycles. The van der Waals surface area contributed by atoms with Crippen LogP contribution in [-0.2, 0) is 14.4 Å². The predicted octanol–water partition coefficient (Wildman–Crippen LogP) is 0.290. The maximum Gasteiger partial charge on any atom is 0.157 e. The van der Waals surface area contributed by atoms with Crippen LogP contribution in [0.2, 0.25) is 0 Å². The van der Waals surface area contributed by atoms with Gasteiger partial charge in [0, 0.05) is 0 Å². The zero-order chi connectivity index (χ0) is 8.72. The van der Waals surface area contributed by atoms with Gasteiger partial charge >= 0.3 is 0 Å². The summed E-state index contributed by atoms with van der Waals surface area (Å²) < 4.78 is 0. The van der Waals surface area contributed by atoms with Crippen molar-refractivity contribution in [1.82, 2.24) is 0 Å². The first kappa shape index (κ1) is 7.40. The van der Waals surface area contributed by atoms with Crippen LogP contribution >= 0.6 is 0 Å². The number of allylic oxidation sites excluding steroid dienone is 2. The van der Waals surface area contributed by atoms with E-state index in [4.69, 9.17) is 0 Å². The molecule has 2 aliphatic carbocycles. The molecule has 0 spiro atoms. The van der Waals surface area contributed by atoms with Crippen LogP contribution < -0.4 is 0 Å². The van der Waals surface area contributed by atoms with Gasteiger partial charge in [-0.15, -0.1) is 0 Å². The number of hydrogen-bond acceptors (Lipinski definition) is 3. The highest BCUT2D eigenvalue weighted by Gasteiger charge is 2.42. The molecule has 2 rings (SSSR count). The number of Topliss-reactive ketones (excluding diaryl/α,β-unsaturated/α-hetero) is 3. The van der Waals surface area contributed by atoms with E-state index in [9.17, 15) is 14.4 Å². The first-order valence-corrected chi connectivity index (χ1v) is 3.96. The smallest absolute Gasteiger partial charge is 0.157 e. The minimum atomic E-state index is -0.610. The Morgan fingerprint density at radius 2 is 1.92 bits per heavy atom. The third-order valence-corrected chi connectivity index (χ3v) is 2.43. The molecule has 2 aliphatic rings. The topological polar surface area (TPSA) is 51.2 Å². The summed E-state index contributed by atoms with van der Waals surface area (Å²) in [5.41, 5.74) is 0. The van der Waals surface area contributed by atoms with Crippen molar-refractivity contribution in [3.8, 4) is 0 Å². The van der Waals surface area contributed by atoms with Gasteiger partial charge in [0.05, 0.1) is 18.3 Å². The number of rotatable bonds is 0. The van der Waals surface area contributed by atoms with E-state index in [0.29, 0.717) is 6.42 Å². The van der Waals surface area contributed by atoms with Crippen molar-refractivity contribution in [2.75, 3.05) is 0 Å². The number of fused-ring (bicyclic) bond motifs is 2. The highest BCUT2D eigenvalue weighted by molar-refractivity contribution is 6.23. The summed E-state index contributed by atoms with van der Waals surface area (Å²) in [5, 5.41) is 0. The van der Waals surface area contributed by atoms with Crippen molar-refractivity contribution in [2.45, 2.75) is 12.8 Å².